The van der Waals surface area contributed by atoms with E-state index in [1.807, 2.05) is 6.07 Å². The van der Waals surface area contributed by atoms with Gasteiger partial charge in [-0.3, -0.25) is 4.79 Å². The largest absolute Gasteiger partial charge is 0.293 e. The zero-order valence-electron chi connectivity index (χ0n) is 11.0. The monoisotopic (exact) mass is 278 g/mol. The third-order valence-corrected chi connectivity index (χ3v) is 4.98. The SMILES string of the molecule is O=C(c1ccc(-c2ccc3ccccc3c2)s1)C1CC1. The third-order valence-electron chi connectivity index (χ3n) is 3.83. The predicted octanol–water partition coefficient (Wildman–Crippen LogP) is 5.16. The Morgan fingerprint density at radius 3 is 2.55 bits per heavy atom. The summed E-state index contributed by atoms with van der Waals surface area (Å²) in [4.78, 5) is 14.2. The minimum Gasteiger partial charge on any atom is -0.293 e. The smallest absolute Gasteiger partial charge is 0.175 e. The summed E-state index contributed by atoms with van der Waals surface area (Å²) in [6.45, 7) is 0. The number of rotatable bonds is 3. The van der Waals surface area contributed by atoms with Crippen molar-refractivity contribution in [1.29, 1.82) is 0 Å². The molecule has 3 aromatic rings. The van der Waals surface area contributed by atoms with Crippen LogP contribution in [0.25, 0.3) is 21.2 Å². The van der Waals surface area contributed by atoms with E-state index in [1.165, 1.54) is 21.2 Å². The average Bonchev–Trinajstić information content (AvgIpc) is 3.23. The molecule has 2 aromatic carbocycles. The van der Waals surface area contributed by atoms with Crippen LogP contribution >= 0.6 is 11.3 Å². The number of hydrogen-bond donors (Lipinski definition) is 0. The Labute approximate surface area is 121 Å². The van der Waals surface area contributed by atoms with Crippen molar-refractivity contribution in [3.8, 4) is 10.4 Å². The van der Waals surface area contributed by atoms with Crippen LogP contribution in [0.4, 0.5) is 0 Å². The molecule has 20 heavy (non-hydrogen) atoms. The summed E-state index contributed by atoms with van der Waals surface area (Å²) in [5.74, 6) is 0.639. The molecule has 4 rings (SSSR count). The average molecular weight is 278 g/mol. The fourth-order valence-electron chi connectivity index (χ4n) is 2.51. The molecule has 1 saturated carbocycles. The van der Waals surface area contributed by atoms with Crippen LogP contribution in [0.3, 0.4) is 0 Å². The zero-order chi connectivity index (χ0) is 13.5. The molecule has 0 radical (unpaired) electrons. The Balaban J connectivity index is 1.73. The second-order valence-electron chi connectivity index (χ2n) is 5.36. The predicted molar refractivity (Wildman–Crippen MR) is 84.3 cm³/mol. The standard InChI is InChI=1S/C18H14OS/c19-18(13-6-7-13)17-10-9-16(20-17)15-8-5-12-3-1-2-4-14(12)11-15/h1-5,8-11,13H,6-7H2. The lowest BCUT2D eigenvalue weighted by Gasteiger charge is -2.01. The van der Waals surface area contributed by atoms with Crippen molar-refractivity contribution in [3.63, 3.8) is 0 Å². The summed E-state index contributed by atoms with van der Waals surface area (Å²) in [5, 5.41) is 2.50. The highest BCUT2D eigenvalue weighted by Crippen LogP contribution is 2.37. The minimum atomic E-state index is 0.304. The van der Waals surface area contributed by atoms with Crippen LogP contribution in [0, 0.1) is 5.92 Å². The lowest BCUT2D eigenvalue weighted by molar-refractivity contribution is 0.0971. The molecule has 98 valence electrons. The van der Waals surface area contributed by atoms with Gasteiger partial charge in [-0.1, -0.05) is 36.4 Å². The fraction of sp³-hybridized carbons (Fsp3) is 0.167. The third kappa shape index (κ3) is 2.06. The number of thiophene rings is 1. The quantitative estimate of drug-likeness (QED) is 0.605. The molecule has 1 aliphatic carbocycles. The van der Waals surface area contributed by atoms with Gasteiger partial charge >= 0.3 is 0 Å². The highest BCUT2D eigenvalue weighted by Gasteiger charge is 2.31. The number of fused-ring (bicyclic) bond motifs is 1. The highest BCUT2D eigenvalue weighted by molar-refractivity contribution is 7.17. The van der Waals surface area contributed by atoms with Crippen LogP contribution in [0.15, 0.2) is 54.6 Å². The van der Waals surface area contributed by atoms with E-state index in [2.05, 4.69) is 48.5 Å². The lowest BCUT2D eigenvalue weighted by atomic mass is 10.1. The lowest BCUT2D eigenvalue weighted by Crippen LogP contribution is -1.96. The van der Waals surface area contributed by atoms with E-state index < -0.39 is 0 Å². The molecule has 0 amide bonds. The summed E-state index contributed by atoms with van der Waals surface area (Å²) in [5.41, 5.74) is 1.20. The summed E-state index contributed by atoms with van der Waals surface area (Å²) >= 11 is 1.62. The highest BCUT2D eigenvalue weighted by atomic mass is 32.1. The maximum Gasteiger partial charge on any atom is 0.175 e. The first-order valence-electron chi connectivity index (χ1n) is 6.94. The normalized spacial score (nSPS) is 14.6. The minimum absolute atomic E-state index is 0.304. The molecule has 0 aliphatic heterocycles. The number of ketones is 1. The Kier molecular flexibility index (Phi) is 2.71. The molecule has 0 atom stereocenters. The van der Waals surface area contributed by atoms with Crippen molar-refractivity contribution < 1.29 is 4.79 Å². The van der Waals surface area contributed by atoms with Gasteiger partial charge in [-0.15, -0.1) is 11.3 Å². The van der Waals surface area contributed by atoms with Crippen molar-refractivity contribution in [3.05, 3.63) is 59.5 Å². The van der Waals surface area contributed by atoms with Gasteiger partial charge < -0.3 is 0 Å². The Morgan fingerprint density at radius 1 is 0.950 bits per heavy atom. The molecule has 0 N–H and O–H groups in total. The van der Waals surface area contributed by atoms with Gasteiger partial charge in [0.1, 0.15) is 0 Å². The molecule has 2 heteroatoms. The molecule has 1 aromatic heterocycles. The first-order chi connectivity index (χ1) is 9.81. The van der Waals surface area contributed by atoms with Gasteiger partial charge in [-0.25, -0.2) is 0 Å². The number of carbonyl (C=O) groups excluding carboxylic acids is 1. The number of carbonyl (C=O) groups is 1. The number of benzene rings is 2. The summed E-state index contributed by atoms with van der Waals surface area (Å²) in [6.07, 6.45) is 2.14. The molecule has 0 spiro atoms. The van der Waals surface area contributed by atoms with Crippen LogP contribution in [0.1, 0.15) is 22.5 Å². The van der Waals surface area contributed by atoms with Crippen LogP contribution in [-0.4, -0.2) is 5.78 Å². The summed E-state index contributed by atoms with van der Waals surface area (Å²) < 4.78 is 0. The van der Waals surface area contributed by atoms with Crippen LogP contribution < -0.4 is 0 Å². The molecular formula is C18H14OS. The second kappa shape index (κ2) is 4.57. The molecule has 1 aliphatic rings. The molecule has 0 saturated heterocycles. The van der Waals surface area contributed by atoms with E-state index in [1.54, 1.807) is 11.3 Å². The Morgan fingerprint density at radius 2 is 1.75 bits per heavy atom. The fourth-order valence-corrected chi connectivity index (χ4v) is 3.54. The Hall–Kier alpha value is -1.93. The topological polar surface area (TPSA) is 17.1 Å². The first-order valence-corrected chi connectivity index (χ1v) is 7.76. The molecule has 1 heterocycles. The van der Waals surface area contributed by atoms with Gasteiger partial charge in [0.2, 0.25) is 0 Å². The van der Waals surface area contributed by atoms with Crippen LogP contribution in [0.2, 0.25) is 0 Å². The molecule has 1 nitrogen and oxygen atoms in total. The maximum absolute atomic E-state index is 12.1. The van der Waals surface area contributed by atoms with Crippen molar-refractivity contribution in [2.45, 2.75) is 12.8 Å². The van der Waals surface area contributed by atoms with Crippen molar-refractivity contribution in [2.75, 3.05) is 0 Å². The van der Waals surface area contributed by atoms with Crippen molar-refractivity contribution in [1.82, 2.24) is 0 Å². The van der Waals surface area contributed by atoms with E-state index in [9.17, 15) is 4.79 Å². The Bertz CT molecular complexity index is 796. The summed E-state index contributed by atoms with van der Waals surface area (Å²) in [6, 6.07) is 18.9. The van der Waals surface area contributed by atoms with Gasteiger partial charge in [0.25, 0.3) is 0 Å². The molecule has 0 unspecified atom stereocenters. The van der Waals surface area contributed by atoms with E-state index in [0.29, 0.717) is 11.7 Å². The van der Waals surface area contributed by atoms with Crippen LogP contribution in [-0.2, 0) is 0 Å². The van der Waals surface area contributed by atoms with E-state index in [4.69, 9.17) is 0 Å². The van der Waals surface area contributed by atoms with Gasteiger partial charge in [0, 0.05) is 10.8 Å². The maximum atomic E-state index is 12.1. The van der Waals surface area contributed by atoms with E-state index in [-0.39, 0.29) is 0 Å². The van der Waals surface area contributed by atoms with Gasteiger partial charge in [-0.2, -0.15) is 0 Å². The molecule has 0 bridgehead atoms. The van der Waals surface area contributed by atoms with Gasteiger partial charge in [0.15, 0.2) is 5.78 Å². The van der Waals surface area contributed by atoms with E-state index >= 15 is 0 Å². The van der Waals surface area contributed by atoms with E-state index in [0.717, 1.165) is 17.7 Å². The van der Waals surface area contributed by atoms with Gasteiger partial charge in [0.05, 0.1) is 4.88 Å². The summed E-state index contributed by atoms with van der Waals surface area (Å²) in [7, 11) is 0. The second-order valence-corrected chi connectivity index (χ2v) is 6.45. The first kappa shape index (κ1) is 11.9. The van der Waals surface area contributed by atoms with Crippen LogP contribution in [0.5, 0.6) is 0 Å². The molecule has 1 fully saturated rings. The molecular weight excluding hydrogens is 264 g/mol. The van der Waals surface area contributed by atoms with Gasteiger partial charge in [-0.05, 0) is 47.4 Å². The number of hydrogen-bond acceptors (Lipinski definition) is 2. The van der Waals surface area contributed by atoms with Crippen molar-refractivity contribution in [2.24, 2.45) is 5.92 Å². The van der Waals surface area contributed by atoms with Crippen molar-refractivity contribution >= 4 is 27.9 Å². The zero-order valence-corrected chi connectivity index (χ0v) is 11.8. The number of Topliss-reactive ketones (excluding diaryl/α,β-unsaturated/α-hetero) is 1.